The van der Waals surface area contributed by atoms with Crippen LogP contribution in [0.15, 0.2) is 30.5 Å². The highest BCUT2D eigenvalue weighted by Crippen LogP contribution is 2.30. The molecule has 19 heavy (non-hydrogen) atoms. The normalized spacial score (nSPS) is 17.2. The minimum atomic E-state index is -0.173. The van der Waals surface area contributed by atoms with Crippen LogP contribution in [0.4, 0.5) is 4.39 Å². The smallest absolute Gasteiger partial charge is 0.123 e. The van der Waals surface area contributed by atoms with Gasteiger partial charge in [0, 0.05) is 41.8 Å². The molecular weight excluding hydrogens is 239 g/mol. The minimum Gasteiger partial charge on any atom is -0.361 e. The molecule has 1 N–H and O–H groups in total. The molecule has 0 saturated heterocycles. The van der Waals surface area contributed by atoms with E-state index in [1.54, 1.807) is 12.1 Å². The quantitative estimate of drug-likeness (QED) is 0.868. The van der Waals surface area contributed by atoms with Crippen LogP contribution in [0, 0.1) is 5.82 Å². The van der Waals surface area contributed by atoms with Crippen molar-refractivity contribution in [2.75, 3.05) is 13.1 Å². The van der Waals surface area contributed by atoms with Crippen LogP contribution >= 0.6 is 0 Å². The maximum Gasteiger partial charge on any atom is 0.123 e. The van der Waals surface area contributed by atoms with Crippen molar-refractivity contribution in [2.24, 2.45) is 0 Å². The first-order valence-electron chi connectivity index (χ1n) is 6.85. The topological polar surface area (TPSA) is 19.0 Å². The van der Waals surface area contributed by atoms with Gasteiger partial charge in [0.2, 0.25) is 0 Å². The first-order chi connectivity index (χ1) is 9.15. The summed E-state index contributed by atoms with van der Waals surface area (Å²) in [4.78, 5) is 5.67. The zero-order valence-electron chi connectivity index (χ0n) is 11.4. The van der Waals surface area contributed by atoms with E-state index in [2.05, 4.69) is 29.8 Å². The van der Waals surface area contributed by atoms with E-state index >= 15 is 0 Å². The molecule has 0 atom stereocenters. The zero-order chi connectivity index (χ0) is 13.4. The Morgan fingerprint density at radius 3 is 2.84 bits per heavy atom. The maximum atomic E-state index is 13.4. The van der Waals surface area contributed by atoms with E-state index in [4.69, 9.17) is 0 Å². The number of nitrogens with zero attached hydrogens (tertiary/aromatic N) is 1. The second-order valence-corrected chi connectivity index (χ2v) is 5.46. The van der Waals surface area contributed by atoms with E-state index in [0.29, 0.717) is 6.04 Å². The molecule has 0 bridgehead atoms. The first kappa shape index (κ1) is 12.4. The molecule has 0 fully saturated rings. The molecular formula is C16H19FN2. The monoisotopic (exact) mass is 258 g/mol. The van der Waals surface area contributed by atoms with Crippen molar-refractivity contribution >= 4 is 16.5 Å². The molecule has 0 aliphatic carbocycles. The Kier molecular flexibility index (Phi) is 3.15. The van der Waals surface area contributed by atoms with E-state index in [0.717, 1.165) is 36.0 Å². The highest BCUT2D eigenvalue weighted by atomic mass is 19.1. The van der Waals surface area contributed by atoms with Gasteiger partial charge >= 0.3 is 0 Å². The second kappa shape index (κ2) is 4.82. The Morgan fingerprint density at radius 1 is 1.32 bits per heavy atom. The molecule has 100 valence electrons. The number of rotatable bonds is 2. The molecule has 1 aromatic carbocycles. The van der Waals surface area contributed by atoms with Gasteiger partial charge in [0.15, 0.2) is 0 Å². The summed E-state index contributed by atoms with van der Waals surface area (Å²) in [6.07, 6.45) is 5.31. The van der Waals surface area contributed by atoms with Gasteiger partial charge in [0.05, 0.1) is 0 Å². The molecule has 0 spiro atoms. The third-order valence-corrected chi connectivity index (χ3v) is 3.96. The number of hydrogen-bond donors (Lipinski definition) is 1. The first-order valence-corrected chi connectivity index (χ1v) is 6.85. The van der Waals surface area contributed by atoms with Gasteiger partial charge in [0.25, 0.3) is 0 Å². The van der Waals surface area contributed by atoms with Crippen LogP contribution in [-0.2, 0) is 0 Å². The third kappa shape index (κ3) is 2.30. The molecule has 1 aliphatic heterocycles. The lowest BCUT2D eigenvalue weighted by atomic mass is 9.98. The lowest BCUT2D eigenvalue weighted by Crippen LogP contribution is -2.34. The summed E-state index contributed by atoms with van der Waals surface area (Å²) < 4.78 is 13.4. The molecule has 0 unspecified atom stereocenters. The van der Waals surface area contributed by atoms with E-state index in [9.17, 15) is 4.39 Å². The average Bonchev–Trinajstić information content (AvgIpc) is 2.81. The molecule has 0 radical (unpaired) electrons. The van der Waals surface area contributed by atoms with Gasteiger partial charge in [-0.15, -0.1) is 0 Å². The molecule has 3 rings (SSSR count). The van der Waals surface area contributed by atoms with Gasteiger partial charge in [0.1, 0.15) is 5.82 Å². The molecule has 3 heteroatoms. The van der Waals surface area contributed by atoms with Crippen molar-refractivity contribution < 1.29 is 4.39 Å². The van der Waals surface area contributed by atoms with Gasteiger partial charge in [-0.2, -0.15) is 0 Å². The summed E-state index contributed by atoms with van der Waals surface area (Å²) in [7, 11) is 0. The molecule has 1 aliphatic rings. The van der Waals surface area contributed by atoms with Crippen molar-refractivity contribution in [1.29, 1.82) is 0 Å². The fourth-order valence-corrected chi connectivity index (χ4v) is 2.76. The van der Waals surface area contributed by atoms with Crippen LogP contribution in [0.2, 0.25) is 0 Å². The molecule has 2 heterocycles. The van der Waals surface area contributed by atoms with Crippen molar-refractivity contribution in [3.05, 3.63) is 41.9 Å². The highest BCUT2D eigenvalue weighted by Gasteiger charge is 2.17. The molecule has 1 aromatic heterocycles. The van der Waals surface area contributed by atoms with Crippen LogP contribution in [0.25, 0.3) is 16.5 Å². The number of halogens is 1. The summed E-state index contributed by atoms with van der Waals surface area (Å²) in [5.41, 5.74) is 3.48. The Balaban J connectivity index is 1.95. The Hall–Kier alpha value is -1.61. The second-order valence-electron chi connectivity index (χ2n) is 5.46. The fourth-order valence-electron chi connectivity index (χ4n) is 2.76. The van der Waals surface area contributed by atoms with Crippen molar-refractivity contribution in [1.82, 2.24) is 9.88 Å². The lowest BCUT2D eigenvalue weighted by Gasteiger charge is -2.29. The summed E-state index contributed by atoms with van der Waals surface area (Å²) in [6.45, 7) is 6.50. The van der Waals surface area contributed by atoms with Gasteiger partial charge in [-0.05, 0) is 44.0 Å². The summed E-state index contributed by atoms with van der Waals surface area (Å²) >= 11 is 0. The van der Waals surface area contributed by atoms with Gasteiger partial charge in [-0.25, -0.2) is 4.39 Å². The Bertz CT molecular complexity index is 625. The Morgan fingerprint density at radius 2 is 2.16 bits per heavy atom. The number of hydrogen-bond acceptors (Lipinski definition) is 1. The third-order valence-electron chi connectivity index (χ3n) is 3.96. The number of H-pyrrole nitrogens is 1. The zero-order valence-corrected chi connectivity index (χ0v) is 11.4. The van der Waals surface area contributed by atoms with E-state index in [1.165, 1.54) is 11.6 Å². The number of aromatic nitrogens is 1. The van der Waals surface area contributed by atoms with Crippen molar-refractivity contribution in [3.8, 4) is 0 Å². The molecule has 0 amide bonds. The SMILES string of the molecule is CC(C)N1CC=C(c2c[nH]c3ccc(F)cc23)CC1. The maximum absolute atomic E-state index is 13.4. The predicted octanol–water partition coefficient (Wildman–Crippen LogP) is 3.80. The van der Waals surface area contributed by atoms with Crippen LogP contribution in [0.1, 0.15) is 25.8 Å². The van der Waals surface area contributed by atoms with Gasteiger partial charge in [-0.3, -0.25) is 4.90 Å². The van der Waals surface area contributed by atoms with Gasteiger partial charge in [-0.1, -0.05) is 6.08 Å². The predicted molar refractivity (Wildman–Crippen MR) is 77.6 cm³/mol. The lowest BCUT2D eigenvalue weighted by molar-refractivity contribution is 0.245. The average molecular weight is 258 g/mol. The fraction of sp³-hybridized carbons (Fsp3) is 0.375. The number of nitrogens with one attached hydrogen (secondary N) is 1. The van der Waals surface area contributed by atoms with Crippen molar-refractivity contribution in [2.45, 2.75) is 26.3 Å². The number of benzene rings is 1. The minimum absolute atomic E-state index is 0.173. The van der Waals surface area contributed by atoms with Crippen LogP contribution in [0.3, 0.4) is 0 Å². The van der Waals surface area contributed by atoms with E-state index < -0.39 is 0 Å². The summed E-state index contributed by atoms with van der Waals surface area (Å²) in [5, 5.41) is 0.990. The Labute approximate surface area is 112 Å². The van der Waals surface area contributed by atoms with E-state index in [1.807, 2.05) is 6.20 Å². The summed E-state index contributed by atoms with van der Waals surface area (Å²) in [5.74, 6) is -0.173. The van der Waals surface area contributed by atoms with Crippen LogP contribution in [-0.4, -0.2) is 29.0 Å². The summed E-state index contributed by atoms with van der Waals surface area (Å²) in [6, 6.07) is 5.51. The number of fused-ring (bicyclic) bond motifs is 1. The van der Waals surface area contributed by atoms with E-state index in [-0.39, 0.29) is 5.82 Å². The van der Waals surface area contributed by atoms with Crippen molar-refractivity contribution in [3.63, 3.8) is 0 Å². The highest BCUT2D eigenvalue weighted by molar-refractivity contribution is 5.92. The number of aromatic amines is 1. The van der Waals surface area contributed by atoms with Gasteiger partial charge < -0.3 is 4.98 Å². The largest absolute Gasteiger partial charge is 0.361 e. The van der Waals surface area contributed by atoms with Crippen LogP contribution < -0.4 is 0 Å². The molecule has 2 aromatic rings. The molecule has 0 saturated carbocycles. The molecule has 2 nitrogen and oxygen atoms in total. The van der Waals surface area contributed by atoms with Crippen LogP contribution in [0.5, 0.6) is 0 Å². The standard InChI is InChI=1S/C16H19FN2/c1-11(2)19-7-5-12(6-8-19)15-10-18-16-4-3-13(17)9-14(15)16/h3-5,9-11,18H,6-8H2,1-2H3.